The number of carbonyl (C=O) groups excluding carboxylic acids is 1. The summed E-state index contributed by atoms with van der Waals surface area (Å²) >= 11 is 1.81. The summed E-state index contributed by atoms with van der Waals surface area (Å²) in [6.07, 6.45) is 12.6. The highest BCUT2D eigenvalue weighted by molar-refractivity contribution is 7.19. The van der Waals surface area contributed by atoms with Crippen LogP contribution >= 0.6 is 11.3 Å². The highest BCUT2D eigenvalue weighted by Crippen LogP contribution is 2.41. The Bertz CT molecular complexity index is 1120. The second-order valence-electron chi connectivity index (χ2n) is 9.07. The Balaban J connectivity index is 1.31. The minimum atomic E-state index is 0.238. The molecule has 3 aromatic rings. The fourth-order valence-electron chi connectivity index (χ4n) is 5.43. The van der Waals surface area contributed by atoms with Crippen LogP contribution in [0, 0.1) is 5.92 Å². The second-order valence-corrected chi connectivity index (χ2v) is 10.2. The van der Waals surface area contributed by atoms with Crippen molar-refractivity contribution in [1.29, 1.82) is 0 Å². The molecule has 1 amide bonds. The molecule has 0 bridgehead atoms. The third-order valence-corrected chi connectivity index (χ3v) is 8.22. The molecule has 1 aliphatic heterocycles. The van der Waals surface area contributed by atoms with E-state index in [0.29, 0.717) is 5.91 Å². The van der Waals surface area contributed by atoms with Crippen molar-refractivity contribution in [3.05, 3.63) is 35.0 Å². The molecule has 1 saturated carbocycles. The van der Waals surface area contributed by atoms with Crippen molar-refractivity contribution in [1.82, 2.24) is 19.9 Å². The third kappa shape index (κ3) is 3.49. The highest BCUT2D eigenvalue weighted by Gasteiger charge is 2.33. The molecule has 31 heavy (non-hydrogen) atoms. The molecule has 2 fully saturated rings. The number of carbonyl (C=O) groups is 1. The maximum Gasteiger partial charge on any atom is 0.225 e. The second kappa shape index (κ2) is 7.86. The van der Waals surface area contributed by atoms with Gasteiger partial charge >= 0.3 is 0 Å². The Hall–Kier alpha value is -2.54. The number of hydrogen-bond acceptors (Lipinski definition) is 6. The summed E-state index contributed by atoms with van der Waals surface area (Å²) in [4.78, 5) is 31.6. The van der Waals surface area contributed by atoms with Crippen LogP contribution in [0.15, 0.2) is 24.5 Å². The molecule has 3 aromatic heterocycles. The summed E-state index contributed by atoms with van der Waals surface area (Å²) in [6.45, 7) is 1.62. The maximum absolute atomic E-state index is 12.9. The van der Waals surface area contributed by atoms with E-state index in [4.69, 9.17) is 9.97 Å². The van der Waals surface area contributed by atoms with Gasteiger partial charge in [0.25, 0.3) is 0 Å². The molecule has 160 valence electrons. The smallest absolute Gasteiger partial charge is 0.225 e. The van der Waals surface area contributed by atoms with Crippen LogP contribution < -0.4 is 5.32 Å². The maximum atomic E-state index is 12.9. The van der Waals surface area contributed by atoms with Gasteiger partial charge in [0.1, 0.15) is 10.6 Å². The lowest BCUT2D eigenvalue weighted by atomic mass is 10.1. The first-order chi connectivity index (χ1) is 15.3. The Labute approximate surface area is 186 Å². The van der Waals surface area contributed by atoms with Crippen LogP contribution in [0.25, 0.3) is 21.6 Å². The van der Waals surface area contributed by atoms with Crippen molar-refractivity contribution in [2.24, 2.45) is 5.92 Å². The van der Waals surface area contributed by atoms with E-state index in [1.165, 1.54) is 35.1 Å². The number of amides is 1. The quantitative estimate of drug-likeness (QED) is 0.658. The summed E-state index contributed by atoms with van der Waals surface area (Å²) in [5.41, 5.74) is 2.36. The van der Waals surface area contributed by atoms with Gasteiger partial charge in [-0.25, -0.2) is 9.97 Å². The predicted octanol–water partition coefficient (Wildman–Crippen LogP) is 4.45. The normalized spacial score (nSPS) is 21.2. The fourth-order valence-corrected chi connectivity index (χ4v) is 6.69. The number of pyridine rings is 1. The van der Waals surface area contributed by atoms with Gasteiger partial charge in [-0.15, -0.1) is 11.3 Å². The van der Waals surface area contributed by atoms with E-state index in [2.05, 4.69) is 15.2 Å². The summed E-state index contributed by atoms with van der Waals surface area (Å²) in [6, 6.07) is 4.17. The summed E-state index contributed by atoms with van der Waals surface area (Å²) in [5.74, 6) is 2.27. The number of nitrogens with zero attached hydrogens (tertiary/aromatic N) is 4. The molecular weight excluding hydrogens is 406 g/mol. The number of rotatable bonds is 4. The van der Waals surface area contributed by atoms with E-state index in [1.54, 1.807) is 6.20 Å². The molecule has 0 spiro atoms. The van der Waals surface area contributed by atoms with Gasteiger partial charge in [0.05, 0.1) is 5.39 Å². The lowest BCUT2D eigenvalue weighted by Gasteiger charge is -2.21. The van der Waals surface area contributed by atoms with Crippen LogP contribution in [0.4, 0.5) is 5.82 Å². The van der Waals surface area contributed by atoms with Gasteiger partial charge in [-0.1, -0.05) is 12.8 Å². The molecule has 2 aliphatic carbocycles. The summed E-state index contributed by atoms with van der Waals surface area (Å²) in [5, 5.41) is 4.93. The first-order valence-corrected chi connectivity index (χ1v) is 12.4. The Morgan fingerprint density at radius 1 is 1.13 bits per heavy atom. The molecule has 4 heterocycles. The van der Waals surface area contributed by atoms with Crippen LogP contribution in [0.2, 0.25) is 0 Å². The molecule has 1 saturated heterocycles. The van der Waals surface area contributed by atoms with E-state index < -0.39 is 0 Å². The van der Waals surface area contributed by atoms with E-state index >= 15 is 0 Å². The van der Waals surface area contributed by atoms with Crippen molar-refractivity contribution in [3.63, 3.8) is 0 Å². The van der Waals surface area contributed by atoms with Crippen molar-refractivity contribution in [2.45, 2.75) is 57.4 Å². The van der Waals surface area contributed by atoms with E-state index in [-0.39, 0.29) is 12.0 Å². The standard InChI is InChI=1S/C24H27N5OS/c30-24(15-5-1-2-6-15)29-12-10-17(14-29)26-22-20-18-8-3-9-19(18)31-23(20)28-21(27-22)16-7-4-11-25-13-16/h4,7,11,13,15,17H,1-3,5-6,8-10,12,14H2,(H,26,27,28). The van der Waals surface area contributed by atoms with Gasteiger partial charge < -0.3 is 10.2 Å². The van der Waals surface area contributed by atoms with Crippen LogP contribution in [-0.4, -0.2) is 44.9 Å². The van der Waals surface area contributed by atoms with Crippen molar-refractivity contribution < 1.29 is 4.79 Å². The number of fused-ring (bicyclic) bond motifs is 3. The molecule has 1 unspecified atom stereocenters. The van der Waals surface area contributed by atoms with E-state index in [1.807, 2.05) is 29.7 Å². The number of nitrogens with one attached hydrogen (secondary N) is 1. The highest BCUT2D eigenvalue weighted by atomic mass is 32.1. The molecule has 7 heteroatoms. The molecule has 6 rings (SSSR count). The van der Waals surface area contributed by atoms with Gasteiger partial charge in [0, 0.05) is 47.9 Å². The Kier molecular flexibility index (Phi) is 4.86. The lowest BCUT2D eigenvalue weighted by Crippen LogP contribution is -2.35. The minimum absolute atomic E-state index is 0.238. The number of likely N-dealkylation sites (tertiary alicyclic amines) is 1. The van der Waals surface area contributed by atoms with Gasteiger partial charge in [0.2, 0.25) is 5.91 Å². The average Bonchev–Trinajstić information content (AvgIpc) is 3.58. The van der Waals surface area contributed by atoms with Crippen LogP contribution in [0.5, 0.6) is 0 Å². The van der Waals surface area contributed by atoms with Gasteiger partial charge in [-0.05, 0) is 56.2 Å². The number of hydrogen-bond donors (Lipinski definition) is 1. The summed E-state index contributed by atoms with van der Waals surface area (Å²) in [7, 11) is 0. The first-order valence-electron chi connectivity index (χ1n) is 11.5. The monoisotopic (exact) mass is 433 g/mol. The van der Waals surface area contributed by atoms with Gasteiger partial charge in [0.15, 0.2) is 5.82 Å². The molecule has 3 aliphatic rings. The van der Waals surface area contributed by atoms with Gasteiger partial charge in [-0.2, -0.15) is 0 Å². The molecule has 6 nitrogen and oxygen atoms in total. The Morgan fingerprint density at radius 3 is 2.87 bits per heavy atom. The zero-order chi connectivity index (χ0) is 20.8. The van der Waals surface area contributed by atoms with Crippen LogP contribution in [0.3, 0.4) is 0 Å². The number of aryl methyl sites for hydroxylation is 2. The number of anilines is 1. The molecular formula is C24H27N5OS. The first kappa shape index (κ1) is 19.2. The Morgan fingerprint density at radius 2 is 2.03 bits per heavy atom. The van der Waals surface area contributed by atoms with Crippen LogP contribution in [0.1, 0.15) is 49.0 Å². The molecule has 1 atom stereocenters. The zero-order valence-electron chi connectivity index (χ0n) is 17.6. The molecule has 1 N–H and O–H groups in total. The summed E-state index contributed by atoms with van der Waals surface area (Å²) < 4.78 is 0. The van der Waals surface area contributed by atoms with E-state index in [9.17, 15) is 4.79 Å². The number of thiophene rings is 1. The van der Waals surface area contributed by atoms with Crippen molar-refractivity contribution in [3.8, 4) is 11.4 Å². The van der Waals surface area contributed by atoms with E-state index in [0.717, 1.165) is 67.2 Å². The fraction of sp³-hybridized carbons (Fsp3) is 0.500. The van der Waals surface area contributed by atoms with Gasteiger partial charge in [-0.3, -0.25) is 9.78 Å². The molecule has 0 radical (unpaired) electrons. The predicted molar refractivity (Wildman–Crippen MR) is 123 cm³/mol. The largest absolute Gasteiger partial charge is 0.365 e. The molecule has 0 aromatic carbocycles. The number of aromatic nitrogens is 3. The van der Waals surface area contributed by atoms with Crippen molar-refractivity contribution in [2.75, 3.05) is 18.4 Å². The topological polar surface area (TPSA) is 71.0 Å². The van der Waals surface area contributed by atoms with Crippen LogP contribution in [-0.2, 0) is 17.6 Å². The lowest BCUT2D eigenvalue weighted by molar-refractivity contribution is -0.134. The minimum Gasteiger partial charge on any atom is -0.365 e. The zero-order valence-corrected chi connectivity index (χ0v) is 18.5. The average molecular weight is 434 g/mol. The third-order valence-electron chi connectivity index (χ3n) is 7.03. The SMILES string of the molecule is O=C(C1CCCC1)N1CCC(Nc2nc(-c3cccnc3)nc3sc4c(c23)CCC4)C1. The van der Waals surface area contributed by atoms with Crippen molar-refractivity contribution >= 4 is 33.3 Å².